The summed E-state index contributed by atoms with van der Waals surface area (Å²) in [7, 11) is 3.39. The molecule has 0 N–H and O–H groups in total. The molecule has 2 heterocycles. The van der Waals surface area contributed by atoms with Crippen molar-refractivity contribution in [3.8, 4) is 0 Å². The second kappa shape index (κ2) is 2.60. The van der Waals surface area contributed by atoms with Crippen molar-refractivity contribution in [3.63, 3.8) is 0 Å². The number of aromatic nitrogens is 3. The molecule has 5 heteroatoms. The summed E-state index contributed by atoms with van der Waals surface area (Å²) < 4.78 is 2.98. The Balaban J connectivity index is 3.10. The molecule has 2 aromatic rings. The van der Waals surface area contributed by atoms with Gasteiger partial charge in [-0.2, -0.15) is 5.10 Å². The van der Waals surface area contributed by atoms with E-state index >= 15 is 0 Å². The SMILES string of the molecule is Cn1nc(Cl)c2ccn(C)c2c1=O. The van der Waals surface area contributed by atoms with Crippen molar-refractivity contribution in [2.45, 2.75) is 0 Å². The molecule has 0 fully saturated rings. The molecule has 0 saturated heterocycles. The Hall–Kier alpha value is -1.29. The van der Waals surface area contributed by atoms with E-state index < -0.39 is 0 Å². The Morgan fingerprint density at radius 2 is 2.15 bits per heavy atom. The summed E-state index contributed by atoms with van der Waals surface area (Å²) in [5.41, 5.74) is 0.453. The lowest BCUT2D eigenvalue weighted by atomic mass is 10.4. The van der Waals surface area contributed by atoms with Crippen molar-refractivity contribution in [2.24, 2.45) is 14.1 Å². The Labute approximate surface area is 79.3 Å². The molecule has 0 aliphatic rings. The van der Waals surface area contributed by atoms with Crippen LogP contribution in [-0.2, 0) is 14.1 Å². The number of hydrogen-bond donors (Lipinski definition) is 0. The van der Waals surface area contributed by atoms with Crippen LogP contribution in [0.5, 0.6) is 0 Å². The molecule has 0 saturated carbocycles. The molecule has 0 aliphatic carbocycles. The topological polar surface area (TPSA) is 39.8 Å². The maximum atomic E-state index is 11.6. The smallest absolute Gasteiger partial charge is 0.291 e. The fourth-order valence-corrected chi connectivity index (χ4v) is 1.61. The summed E-state index contributed by atoms with van der Waals surface area (Å²) in [5.74, 6) is 0. The van der Waals surface area contributed by atoms with Crippen molar-refractivity contribution >= 4 is 22.5 Å². The van der Waals surface area contributed by atoms with Gasteiger partial charge in [-0.3, -0.25) is 4.79 Å². The van der Waals surface area contributed by atoms with Crippen LogP contribution >= 0.6 is 11.6 Å². The van der Waals surface area contributed by atoms with Crippen LogP contribution in [0.25, 0.3) is 10.9 Å². The quantitative estimate of drug-likeness (QED) is 0.630. The van der Waals surface area contributed by atoms with Gasteiger partial charge in [-0.25, -0.2) is 4.68 Å². The van der Waals surface area contributed by atoms with Gasteiger partial charge in [0.15, 0.2) is 5.15 Å². The Morgan fingerprint density at radius 1 is 1.46 bits per heavy atom. The van der Waals surface area contributed by atoms with E-state index in [4.69, 9.17) is 11.6 Å². The average molecular weight is 198 g/mol. The first kappa shape index (κ1) is 8.31. The maximum Gasteiger partial charge on any atom is 0.291 e. The van der Waals surface area contributed by atoms with Crippen molar-refractivity contribution < 1.29 is 0 Å². The van der Waals surface area contributed by atoms with Gasteiger partial charge >= 0.3 is 0 Å². The van der Waals surface area contributed by atoms with Gasteiger partial charge in [-0.1, -0.05) is 11.6 Å². The summed E-state index contributed by atoms with van der Waals surface area (Å²) in [5, 5.41) is 4.93. The third-order valence-corrected chi connectivity index (χ3v) is 2.31. The molecule has 0 atom stereocenters. The predicted octanol–water partition coefficient (Wildman–Crippen LogP) is 0.925. The van der Waals surface area contributed by atoms with E-state index in [9.17, 15) is 4.79 Å². The van der Waals surface area contributed by atoms with Crippen molar-refractivity contribution in [1.29, 1.82) is 0 Å². The normalized spacial score (nSPS) is 11.0. The number of aryl methyl sites for hydroxylation is 2. The van der Waals surface area contributed by atoms with Crippen LogP contribution in [-0.4, -0.2) is 14.3 Å². The van der Waals surface area contributed by atoms with E-state index in [1.807, 2.05) is 0 Å². The van der Waals surface area contributed by atoms with Gasteiger partial charge in [0.2, 0.25) is 0 Å². The predicted molar refractivity (Wildman–Crippen MR) is 51.0 cm³/mol. The van der Waals surface area contributed by atoms with Crippen LogP contribution in [0.1, 0.15) is 0 Å². The monoisotopic (exact) mass is 197 g/mol. The van der Waals surface area contributed by atoms with E-state index in [0.29, 0.717) is 16.1 Å². The maximum absolute atomic E-state index is 11.6. The molecular weight excluding hydrogens is 190 g/mol. The zero-order valence-corrected chi connectivity index (χ0v) is 8.04. The van der Waals surface area contributed by atoms with Gasteiger partial charge < -0.3 is 4.57 Å². The molecule has 0 spiro atoms. The first-order chi connectivity index (χ1) is 6.11. The van der Waals surface area contributed by atoms with Crippen LogP contribution in [0.15, 0.2) is 17.1 Å². The largest absolute Gasteiger partial charge is 0.346 e. The van der Waals surface area contributed by atoms with Gasteiger partial charge in [0.25, 0.3) is 5.56 Å². The molecule has 0 unspecified atom stereocenters. The fourth-order valence-electron chi connectivity index (χ4n) is 1.35. The van der Waals surface area contributed by atoms with Crippen molar-refractivity contribution in [3.05, 3.63) is 27.8 Å². The molecule has 4 nitrogen and oxygen atoms in total. The second-order valence-corrected chi connectivity index (χ2v) is 3.27. The minimum absolute atomic E-state index is 0.132. The summed E-state index contributed by atoms with van der Waals surface area (Å²) in [6.45, 7) is 0. The van der Waals surface area contributed by atoms with E-state index in [1.54, 1.807) is 30.9 Å². The van der Waals surface area contributed by atoms with Gasteiger partial charge in [0, 0.05) is 25.7 Å². The minimum atomic E-state index is -0.132. The minimum Gasteiger partial charge on any atom is -0.346 e. The standard InChI is InChI=1S/C8H8ClN3O/c1-11-4-3-5-6(11)8(13)12(2)10-7(5)9/h3-4H,1-2H3. The third-order valence-electron chi connectivity index (χ3n) is 2.03. The summed E-state index contributed by atoms with van der Waals surface area (Å²) in [6.07, 6.45) is 1.79. The second-order valence-electron chi connectivity index (χ2n) is 2.91. The summed E-state index contributed by atoms with van der Waals surface area (Å²) >= 11 is 5.86. The molecule has 0 bridgehead atoms. The lowest BCUT2D eigenvalue weighted by Gasteiger charge is -2.00. The molecule has 2 aromatic heterocycles. The molecule has 13 heavy (non-hydrogen) atoms. The highest BCUT2D eigenvalue weighted by Crippen LogP contribution is 2.17. The molecule has 2 rings (SSSR count). The van der Waals surface area contributed by atoms with Gasteiger partial charge in [-0.15, -0.1) is 0 Å². The van der Waals surface area contributed by atoms with Gasteiger partial charge in [0.05, 0.1) is 0 Å². The number of halogens is 1. The Kier molecular flexibility index (Phi) is 1.66. The lowest BCUT2D eigenvalue weighted by Crippen LogP contribution is -2.21. The molecule has 0 aliphatic heterocycles. The number of fused-ring (bicyclic) bond motifs is 1. The highest BCUT2D eigenvalue weighted by molar-refractivity contribution is 6.34. The Bertz CT molecular complexity index is 526. The van der Waals surface area contributed by atoms with Crippen LogP contribution in [0.3, 0.4) is 0 Å². The average Bonchev–Trinajstić information content (AvgIpc) is 2.44. The van der Waals surface area contributed by atoms with E-state index in [2.05, 4.69) is 5.10 Å². The van der Waals surface area contributed by atoms with E-state index in [1.165, 1.54) is 4.68 Å². The highest BCUT2D eigenvalue weighted by Gasteiger charge is 2.09. The van der Waals surface area contributed by atoms with E-state index in [-0.39, 0.29) is 5.56 Å². The van der Waals surface area contributed by atoms with Crippen LogP contribution in [0.2, 0.25) is 5.15 Å². The first-order valence-corrected chi connectivity index (χ1v) is 4.17. The van der Waals surface area contributed by atoms with Crippen molar-refractivity contribution in [2.75, 3.05) is 0 Å². The van der Waals surface area contributed by atoms with Gasteiger partial charge in [0.1, 0.15) is 5.52 Å². The molecule has 0 radical (unpaired) electrons. The summed E-state index contributed by atoms with van der Waals surface area (Å²) in [4.78, 5) is 11.6. The Morgan fingerprint density at radius 3 is 2.85 bits per heavy atom. The molecule has 0 aromatic carbocycles. The van der Waals surface area contributed by atoms with E-state index in [0.717, 1.165) is 0 Å². The summed E-state index contributed by atoms with van der Waals surface area (Å²) in [6, 6.07) is 1.78. The first-order valence-electron chi connectivity index (χ1n) is 3.79. The number of rotatable bonds is 0. The zero-order chi connectivity index (χ0) is 9.59. The third kappa shape index (κ3) is 1.06. The number of hydrogen-bond acceptors (Lipinski definition) is 2. The van der Waals surface area contributed by atoms with Crippen LogP contribution in [0, 0.1) is 0 Å². The van der Waals surface area contributed by atoms with Crippen LogP contribution < -0.4 is 5.56 Å². The molecule has 0 amide bonds. The zero-order valence-electron chi connectivity index (χ0n) is 7.28. The van der Waals surface area contributed by atoms with Crippen molar-refractivity contribution in [1.82, 2.24) is 14.3 Å². The molecule has 68 valence electrons. The fraction of sp³-hybridized carbons (Fsp3) is 0.250. The number of nitrogens with zero attached hydrogens (tertiary/aromatic N) is 3. The highest BCUT2D eigenvalue weighted by atomic mass is 35.5. The lowest BCUT2D eigenvalue weighted by molar-refractivity contribution is 0.713. The molecular formula is C8H8ClN3O. The van der Waals surface area contributed by atoms with Crippen LogP contribution in [0.4, 0.5) is 0 Å². The van der Waals surface area contributed by atoms with Gasteiger partial charge in [-0.05, 0) is 6.07 Å².